The molecule has 0 fully saturated rings. The fourth-order valence-electron chi connectivity index (χ4n) is 2.10. The lowest BCUT2D eigenvalue weighted by atomic mass is 10.1. The number of aromatic nitrogens is 3. The summed E-state index contributed by atoms with van der Waals surface area (Å²) in [6, 6.07) is 17.8. The third-order valence-corrected chi connectivity index (χ3v) is 3.24. The van der Waals surface area contributed by atoms with E-state index in [1.54, 1.807) is 17.1 Å². The van der Waals surface area contributed by atoms with Crippen LogP contribution >= 0.6 is 12.2 Å². The van der Waals surface area contributed by atoms with E-state index in [9.17, 15) is 0 Å². The van der Waals surface area contributed by atoms with Crippen molar-refractivity contribution in [3.8, 4) is 16.9 Å². The maximum Gasteiger partial charge on any atom is 0.184 e. The van der Waals surface area contributed by atoms with Crippen molar-refractivity contribution < 1.29 is 0 Å². The van der Waals surface area contributed by atoms with Gasteiger partial charge in [-0.15, -0.1) is 5.10 Å². The van der Waals surface area contributed by atoms with Gasteiger partial charge < -0.3 is 5.73 Å². The molecule has 3 N–H and O–H groups in total. The molecule has 0 atom stereocenters. The van der Waals surface area contributed by atoms with Crippen molar-refractivity contribution in [2.45, 2.75) is 0 Å². The molecule has 23 heavy (non-hydrogen) atoms. The van der Waals surface area contributed by atoms with Crippen LogP contribution in [0.15, 0.2) is 65.9 Å². The predicted octanol–water partition coefficient (Wildman–Crippen LogP) is 2.10. The summed E-state index contributed by atoms with van der Waals surface area (Å²) in [5.41, 5.74) is 11.6. The molecule has 6 nitrogen and oxygen atoms in total. The van der Waals surface area contributed by atoms with E-state index >= 15 is 0 Å². The minimum absolute atomic E-state index is 0.132. The molecule has 0 aliphatic heterocycles. The molecule has 7 heteroatoms. The molecule has 0 aliphatic carbocycles. The van der Waals surface area contributed by atoms with Crippen LogP contribution in [0.4, 0.5) is 0 Å². The largest absolute Gasteiger partial charge is 0.375 e. The molecule has 0 amide bonds. The molecule has 1 aromatic heterocycles. The van der Waals surface area contributed by atoms with Gasteiger partial charge in [0.25, 0.3) is 0 Å². The van der Waals surface area contributed by atoms with Gasteiger partial charge in [0.15, 0.2) is 5.11 Å². The highest BCUT2D eigenvalue weighted by molar-refractivity contribution is 7.80. The van der Waals surface area contributed by atoms with E-state index in [4.69, 9.17) is 5.73 Å². The quantitative estimate of drug-likeness (QED) is 0.437. The Hall–Kier alpha value is -3.06. The maximum atomic E-state index is 5.30. The summed E-state index contributed by atoms with van der Waals surface area (Å²) in [5, 5.41) is 12.2. The lowest BCUT2D eigenvalue weighted by Gasteiger charge is -2.06. The molecule has 0 bridgehead atoms. The third kappa shape index (κ3) is 3.58. The third-order valence-electron chi connectivity index (χ3n) is 3.14. The highest BCUT2D eigenvalue weighted by Gasteiger charge is 2.07. The van der Waals surface area contributed by atoms with Crippen LogP contribution in [0.3, 0.4) is 0 Å². The van der Waals surface area contributed by atoms with Crippen LogP contribution in [-0.2, 0) is 0 Å². The van der Waals surface area contributed by atoms with Crippen molar-refractivity contribution in [2.24, 2.45) is 10.8 Å². The van der Waals surface area contributed by atoms with Crippen LogP contribution in [0.25, 0.3) is 16.9 Å². The normalized spacial score (nSPS) is 10.8. The molecule has 0 radical (unpaired) electrons. The summed E-state index contributed by atoms with van der Waals surface area (Å²) >= 11 is 4.68. The van der Waals surface area contributed by atoms with Crippen molar-refractivity contribution in [2.75, 3.05) is 0 Å². The Morgan fingerprint density at radius 3 is 2.57 bits per heavy atom. The first-order valence-corrected chi connectivity index (χ1v) is 7.30. The zero-order valence-electron chi connectivity index (χ0n) is 12.1. The summed E-state index contributed by atoms with van der Waals surface area (Å²) in [6.45, 7) is 0. The fraction of sp³-hybridized carbons (Fsp3) is 0. The molecule has 1 heterocycles. The van der Waals surface area contributed by atoms with Crippen LogP contribution in [-0.4, -0.2) is 26.3 Å². The Morgan fingerprint density at radius 2 is 1.87 bits per heavy atom. The van der Waals surface area contributed by atoms with Crippen molar-refractivity contribution >= 4 is 23.5 Å². The highest BCUT2D eigenvalue weighted by atomic mass is 32.1. The number of benzene rings is 2. The Bertz CT molecular complexity index is 823. The first-order chi connectivity index (χ1) is 11.2. The van der Waals surface area contributed by atoms with E-state index in [0.29, 0.717) is 0 Å². The van der Waals surface area contributed by atoms with Gasteiger partial charge in [-0.05, 0) is 29.9 Å². The highest BCUT2D eigenvalue weighted by Crippen LogP contribution is 2.20. The average molecular weight is 322 g/mol. The van der Waals surface area contributed by atoms with E-state index < -0.39 is 0 Å². The van der Waals surface area contributed by atoms with E-state index in [-0.39, 0.29) is 5.11 Å². The van der Waals surface area contributed by atoms with Crippen molar-refractivity contribution in [1.82, 2.24) is 20.4 Å². The number of hydrogen-bond donors (Lipinski definition) is 2. The van der Waals surface area contributed by atoms with E-state index in [0.717, 1.165) is 22.5 Å². The summed E-state index contributed by atoms with van der Waals surface area (Å²) in [7, 11) is 0. The molecule has 114 valence electrons. The molecular formula is C16H14N6S. The molecule has 0 saturated carbocycles. The van der Waals surface area contributed by atoms with Crippen molar-refractivity contribution in [1.29, 1.82) is 0 Å². The number of hydrogen-bond acceptors (Lipinski definition) is 4. The number of nitrogens with one attached hydrogen (secondary N) is 1. The van der Waals surface area contributed by atoms with Crippen LogP contribution < -0.4 is 11.2 Å². The SMILES string of the molecule is NC(=S)N/N=C/c1ccc(-n2nncc2-c2ccccc2)cc1. The molecular weight excluding hydrogens is 308 g/mol. The molecule has 0 aliphatic rings. The minimum Gasteiger partial charge on any atom is -0.375 e. The van der Waals surface area contributed by atoms with Crippen molar-refractivity contribution in [3.05, 3.63) is 66.4 Å². The summed E-state index contributed by atoms with van der Waals surface area (Å²) in [6.07, 6.45) is 3.39. The molecule has 0 saturated heterocycles. The Balaban J connectivity index is 1.85. The monoisotopic (exact) mass is 322 g/mol. The van der Waals surface area contributed by atoms with Crippen LogP contribution in [0.2, 0.25) is 0 Å². The maximum absolute atomic E-state index is 5.30. The second-order valence-corrected chi connectivity index (χ2v) is 5.16. The van der Waals surface area contributed by atoms with Gasteiger partial charge in [0, 0.05) is 5.56 Å². The van der Waals surface area contributed by atoms with E-state index in [1.807, 2.05) is 54.6 Å². The average Bonchev–Trinajstić information content (AvgIpc) is 3.06. The predicted molar refractivity (Wildman–Crippen MR) is 94.3 cm³/mol. The number of hydrazone groups is 1. The fourth-order valence-corrected chi connectivity index (χ4v) is 2.16. The Morgan fingerprint density at radius 1 is 1.13 bits per heavy atom. The second kappa shape index (κ2) is 6.80. The second-order valence-electron chi connectivity index (χ2n) is 4.72. The van der Waals surface area contributed by atoms with Crippen LogP contribution in [0.1, 0.15) is 5.56 Å². The van der Waals surface area contributed by atoms with Gasteiger partial charge in [-0.1, -0.05) is 47.7 Å². The van der Waals surface area contributed by atoms with Gasteiger partial charge in [0.2, 0.25) is 0 Å². The molecule has 0 spiro atoms. The number of thiocarbonyl (C=S) groups is 1. The summed E-state index contributed by atoms with van der Waals surface area (Å²) < 4.78 is 1.80. The van der Waals surface area contributed by atoms with Crippen LogP contribution in [0.5, 0.6) is 0 Å². The first-order valence-electron chi connectivity index (χ1n) is 6.89. The van der Waals surface area contributed by atoms with Gasteiger partial charge in [-0.25, -0.2) is 4.68 Å². The van der Waals surface area contributed by atoms with Gasteiger partial charge in [-0.2, -0.15) is 5.10 Å². The lowest BCUT2D eigenvalue weighted by molar-refractivity contribution is 0.808. The Labute approximate surface area is 138 Å². The molecule has 3 aromatic rings. The lowest BCUT2D eigenvalue weighted by Crippen LogP contribution is -2.23. The zero-order valence-corrected chi connectivity index (χ0v) is 12.9. The zero-order chi connectivity index (χ0) is 16.1. The summed E-state index contributed by atoms with van der Waals surface area (Å²) in [5.74, 6) is 0. The van der Waals surface area contributed by atoms with Crippen LogP contribution in [0, 0.1) is 0 Å². The topological polar surface area (TPSA) is 81.1 Å². The van der Waals surface area contributed by atoms with Gasteiger partial charge in [-0.3, -0.25) is 5.43 Å². The van der Waals surface area contributed by atoms with Gasteiger partial charge in [0.05, 0.1) is 23.8 Å². The number of rotatable bonds is 4. The van der Waals surface area contributed by atoms with Gasteiger partial charge >= 0.3 is 0 Å². The van der Waals surface area contributed by atoms with Gasteiger partial charge in [0.1, 0.15) is 0 Å². The summed E-state index contributed by atoms with van der Waals surface area (Å²) in [4.78, 5) is 0. The number of nitrogens with two attached hydrogens (primary N) is 1. The van der Waals surface area contributed by atoms with E-state index in [1.165, 1.54) is 0 Å². The smallest absolute Gasteiger partial charge is 0.184 e. The molecule has 3 rings (SSSR count). The van der Waals surface area contributed by atoms with Crippen molar-refractivity contribution in [3.63, 3.8) is 0 Å². The standard InChI is InChI=1S/C16H14N6S/c17-16(23)20-18-10-12-6-8-14(9-7-12)22-15(11-19-21-22)13-4-2-1-3-5-13/h1-11H,(H3,17,20,23)/b18-10+. The molecule has 0 unspecified atom stereocenters. The Kier molecular flexibility index (Phi) is 4.39. The minimum atomic E-state index is 0.132. The number of nitrogens with zero attached hydrogens (tertiary/aromatic N) is 4. The molecule has 2 aromatic carbocycles. The first kappa shape index (κ1) is 14.9. The van der Waals surface area contributed by atoms with E-state index in [2.05, 4.69) is 33.1 Å².